The van der Waals surface area contributed by atoms with Crippen LogP contribution in [-0.2, 0) is 10.0 Å². The Balaban J connectivity index is 1.26. The third-order valence-corrected chi connectivity index (χ3v) is 7.71. The van der Waals surface area contributed by atoms with Crippen LogP contribution in [-0.4, -0.2) is 54.7 Å². The zero-order chi connectivity index (χ0) is 23.0. The second kappa shape index (κ2) is 8.62. The van der Waals surface area contributed by atoms with Gasteiger partial charge in [-0.1, -0.05) is 23.7 Å². The van der Waals surface area contributed by atoms with Gasteiger partial charge in [-0.3, -0.25) is 9.78 Å². The Morgan fingerprint density at radius 2 is 1.55 bits per heavy atom. The molecule has 0 unspecified atom stereocenters. The number of carbonyl (C=O) groups is 1. The minimum absolute atomic E-state index is 0.119. The van der Waals surface area contributed by atoms with Gasteiger partial charge in [0.1, 0.15) is 5.58 Å². The highest BCUT2D eigenvalue weighted by Gasteiger charge is 2.32. The first-order valence-electron chi connectivity index (χ1n) is 10.4. The SMILES string of the molecule is O=C(c1ccc(-c2ccncc2)cc1)N1CCN(S(=O)(=O)c2cc3ccc(Cl)cc3o2)CC1. The maximum atomic E-state index is 13.1. The molecule has 1 fully saturated rings. The van der Waals surface area contributed by atoms with Crippen LogP contribution in [0.5, 0.6) is 0 Å². The molecule has 0 N–H and O–H groups in total. The van der Waals surface area contributed by atoms with E-state index in [1.165, 1.54) is 10.4 Å². The first kappa shape index (κ1) is 21.6. The van der Waals surface area contributed by atoms with Crippen LogP contribution in [0.2, 0.25) is 5.02 Å². The number of aromatic nitrogens is 1. The first-order chi connectivity index (χ1) is 15.9. The number of sulfonamides is 1. The molecule has 0 spiro atoms. The number of carbonyl (C=O) groups excluding carboxylic acids is 1. The summed E-state index contributed by atoms with van der Waals surface area (Å²) in [5.41, 5.74) is 3.01. The first-order valence-corrected chi connectivity index (χ1v) is 12.2. The molecule has 168 valence electrons. The van der Waals surface area contributed by atoms with Gasteiger partial charge in [-0.05, 0) is 47.5 Å². The van der Waals surface area contributed by atoms with Crippen molar-refractivity contribution in [2.75, 3.05) is 26.2 Å². The second-order valence-electron chi connectivity index (χ2n) is 7.76. The Labute approximate surface area is 196 Å². The minimum Gasteiger partial charge on any atom is -0.443 e. The van der Waals surface area contributed by atoms with Crippen molar-refractivity contribution in [3.63, 3.8) is 0 Å². The van der Waals surface area contributed by atoms with Crippen molar-refractivity contribution in [3.8, 4) is 11.1 Å². The monoisotopic (exact) mass is 481 g/mol. The third-order valence-electron chi connectivity index (χ3n) is 5.73. The maximum Gasteiger partial charge on any atom is 0.276 e. The molecule has 0 aliphatic carbocycles. The summed E-state index contributed by atoms with van der Waals surface area (Å²) in [6, 6.07) is 17.7. The number of pyridine rings is 1. The highest BCUT2D eigenvalue weighted by atomic mass is 35.5. The van der Waals surface area contributed by atoms with E-state index in [-0.39, 0.29) is 24.1 Å². The predicted molar refractivity (Wildman–Crippen MR) is 126 cm³/mol. The van der Waals surface area contributed by atoms with Crippen molar-refractivity contribution in [2.45, 2.75) is 5.09 Å². The smallest absolute Gasteiger partial charge is 0.276 e. The summed E-state index contributed by atoms with van der Waals surface area (Å²) >= 11 is 5.97. The van der Waals surface area contributed by atoms with Crippen molar-refractivity contribution >= 4 is 38.5 Å². The van der Waals surface area contributed by atoms with Gasteiger partial charge in [-0.25, -0.2) is 8.42 Å². The molecule has 1 saturated heterocycles. The van der Waals surface area contributed by atoms with Gasteiger partial charge in [0.2, 0.25) is 5.09 Å². The van der Waals surface area contributed by atoms with Crippen LogP contribution in [0, 0.1) is 0 Å². The van der Waals surface area contributed by atoms with Crippen molar-refractivity contribution in [2.24, 2.45) is 0 Å². The molecule has 1 amide bonds. The molecule has 0 bridgehead atoms. The molecule has 7 nitrogen and oxygen atoms in total. The molecule has 2 aromatic heterocycles. The van der Waals surface area contributed by atoms with Crippen LogP contribution < -0.4 is 0 Å². The summed E-state index contributed by atoms with van der Waals surface area (Å²) in [5.74, 6) is -0.119. The number of furan rings is 1. The Morgan fingerprint density at radius 3 is 2.24 bits per heavy atom. The number of benzene rings is 2. The van der Waals surface area contributed by atoms with Gasteiger partial charge in [0.15, 0.2) is 0 Å². The lowest BCUT2D eigenvalue weighted by atomic mass is 10.0. The molecule has 5 rings (SSSR count). The number of hydrogen-bond acceptors (Lipinski definition) is 5. The van der Waals surface area contributed by atoms with Crippen LogP contribution in [0.25, 0.3) is 22.1 Å². The quantitative estimate of drug-likeness (QED) is 0.434. The predicted octanol–water partition coefficient (Wildman–Crippen LogP) is 4.29. The van der Waals surface area contributed by atoms with Crippen molar-refractivity contribution in [1.29, 1.82) is 0 Å². The second-order valence-corrected chi connectivity index (χ2v) is 10.1. The molecule has 0 atom stereocenters. The summed E-state index contributed by atoms with van der Waals surface area (Å²) in [4.78, 5) is 18.6. The molecule has 3 heterocycles. The third kappa shape index (κ3) is 4.25. The molecule has 4 aromatic rings. The Bertz CT molecular complexity index is 1410. The van der Waals surface area contributed by atoms with Gasteiger partial charge in [-0.2, -0.15) is 4.31 Å². The zero-order valence-corrected chi connectivity index (χ0v) is 19.1. The zero-order valence-electron chi connectivity index (χ0n) is 17.5. The van der Waals surface area contributed by atoms with E-state index in [1.807, 2.05) is 24.3 Å². The number of nitrogens with zero attached hydrogens (tertiary/aromatic N) is 3. The highest BCUT2D eigenvalue weighted by molar-refractivity contribution is 7.89. The Hall–Kier alpha value is -3.20. The summed E-state index contributed by atoms with van der Waals surface area (Å²) in [6.45, 7) is 0.994. The van der Waals surface area contributed by atoms with Gasteiger partial charge in [0.25, 0.3) is 15.9 Å². The van der Waals surface area contributed by atoms with Gasteiger partial charge >= 0.3 is 0 Å². The van der Waals surface area contributed by atoms with E-state index < -0.39 is 10.0 Å². The lowest BCUT2D eigenvalue weighted by Gasteiger charge is -2.33. The summed E-state index contributed by atoms with van der Waals surface area (Å²) in [5, 5.41) is 1.02. The van der Waals surface area contributed by atoms with Crippen LogP contribution >= 0.6 is 11.6 Å². The summed E-state index contributed by atoms with van der Waals surface area (Å²) < 4.78 is 33.0. The Morgan fingerprint density at radius 1 is 0.879 bits per heavy atom. The Kier molecular flexibility index (Phi) is 5.65. The fraction of sp³-hybridized carbons (Fsp3) is 0.167. The standard InChI is InChI=1S/C24H20ClN3O4S/c25-21-6-5-20-15-23(32-22(20)16-21)33(30,31)28-13-11-27(12-14-28)24(29)19-3-1-17(2-4-19)18-7-9-26-10-8-18/h1-10,15-16H,11-14H2. The highest BCUT2D eigenvalue weighted by Crippen LogP contribution is 2.28. The average molecular weight is 482 g/mol. The fourth-order valence-corrected chi connectivity index (χ4v) is 5.43. The number of rotatable bonds is 4. The number of piperazine rings is 1. The molecule has 33 heavy (non-hydrogen) atoms. The van der Waals surface area contributed by atoms with Crippen LogP contribution in [0.3, 0.4) is 0 Å². The van der Waals surface area contributed by atoms with Gasteiger partial charge < -0.3 is 9.32 Å². The van der Waals surface area contributed by atoms with Crippen molar-refractivity contribution in [3.05, 3.63) is 83.6 Å². The fourth-order valence-electron chi connectivity index (χ4n) is 3.90. The van der Waals surface area contributed by atoms with Crippen molar-refractivity contribution in [1.82, 2.24) is 14.2 Å². The minimum atomic E-state index is -3.81. The molecule has 9 heteroatoms. The van der Waals surface area contributed by atoms with E-state index >= 15 is 0 Å². The lowest BCUT2D eigenvalue weighted by Crippen LogP contribution is -2.50. The van der Waals surface area contributed by atoms with Crippen LogP contribution in [0.4, 0.5) is 0 Å². The molecule has 0 radical (unpaired) electrons. The lowest BCUT2D eigenvalue weighted by molar-refractivity contribution is 0.0697. The van der Waals surface area contributed by atoms with Crippen molar-refractivity contribution < 1.29 is 17.6 Å². The largest absolute Gasteiger partial charge is 0.443 e. The molecule has 1 aliphatic rings. The molecular weight excluding hydrogens is 462 g/mol. The number of hydrogen-bond donors (Lipinski definition) is 0. The van der Waals surface area contributed by atoms with Gasteiger partial charge in [-0.15, -0.1) is 0 Å². The van der Waals surface area contributed by atoms with Crippen LogP contribution in [0.15, 0.2) is 82.6 Å². The topological polar surface area (TPSA) is 83.7 Å². The van der Waals surface area contributed by atoms with Gasteiger partial charge in [0, 0.05) is 66.7 Å². The van der Waals surface area contributed by atoms with E-state index in [0.29, 0.717) is 34.6 Å². The number of fused-ring (bicyclic) bond motifs is 1. The maximum absolute atomic E-state index is 13.1. The number of amides is 1. The van der Waals surface area contributed by atoms with Crippen LogP contribution in [0.1, 0.15) is 10.4 Å². The molecule has 1 aliphatic heterocycles. The molecule has 0 saturated carbocycles. The molecule has 2 aromatic carbocycles. The summed E-state index contributed by atoms with van der Waals surface area (Å²) in [7, 11) is -3.81. The van der Waals surface area contributed by atoms with E-state index in [9.17, 15) is 13.2 Å². The van der Waals surface area contributed by atoms with E-state index in [4.69, 9.17) is 16.0 Å². The van der Waals surface area contributed by atoms with E-state index in [1.54, 1.807) is 47.6 Å². The normalized spacial score (nSPS) is 15.1. The van der Waals surface area contributed by atoms with E-state index in [0.717, 1.165) is 11.1 Å². The summed E-state index contributed by atoms with van der Waals surface area (Å²) in [6.07, 6.45) is 3.45. The van der Waals surface area contributed by atoms with Gasteiger partial charge in [0.05, 0.1) is 0 Å². The number of halogens is 1. The molecular formula is C24H20ClN3O4S. The van der Waals surface area contributed by atoms with E-state index in [2.05, 4.69) is 4.98 Å². The average Bonchev–Trinajstić information content (AvgIpc) is 3.28.